The van der Waals surface area contributed by atoms with Crippen molar-refractivity contribution in [2.24, 2.45) is 5.41 Å². The van der Waals surface area contributed by atoms with Crippen molar-refractivity contribution in [1.29, 1.82) is 0 Å². The summed E-state index contributed by atoms with van der Waals surface area (Å²) in [6.45, 7) is 3.00. The van der Waals surface area contributed by atoms with Crippen molar-refractivity contribution in [2.45, 2.75) is 238 Å². The van der Waals surface area contributed by atoms with Crippen LogP contribution >= 0.6 is 34.4 Å². The van der Waals surface area contributed by atoms with E-state index in [0.29, 0.717) is 12.8 Å². The van der Waals surface area contributed by atoms with E-state index in [1.54, 1.807) is 0 Å². The Morgan fingerprint density at radius 3 is 0.702 bits per heavy atom. The molecule has 0 radical (unpaired) electrons. The Morgan fingerprint density at radius 1 is 0.298 bits per heavy atom. The van der Waals surface area contributed by atoms with Crippen LogP contribution in [0.3, 0.4) is 0 Å². The summed E-state index contributed by atoms with van der Waals surface area (Å²) >= 11 is 0. The van der Waals surface area contributed by atoms with Crippen LogP contribution in [0.5, 0.6) is 0 Å². The van der Waals surface area contributed by atoms with Gasteiger partial charge in [-0.1, -0.05) is 219 Å². The van der Waals surface area contributed by atoms with Gasteiger partial charge in [0.25, 0.3) is 0 Å². The first-order chi connectivity index (χ1) is 27.5. The molecule has 0 aromatic heterocycles. The van der Waals surface area contributed by atoms with Crippen LogP contribution in [-0.2, 0) is 18.1 Å². The maximum atomic E-state index is 10.3. The molecule has 57 heavy (non-hydrogen) atoms. The summed E-state index contributed by atoms with van der Waals surface area (Å²) in [5.74, 6) is 0. The molecular formula is C41H88O12P4. The number of hydrogen-bond donors (Lipinski definition) is 8. The van der Waals surface area contributed by atoms with Gasteiger partial charge in [-0.15, -0.1) is 0 Å². The van der Waals surface area contributed by atoms with Gasteiger partial charge in [0.1, 0.15) is 0 Å². The van der Waals surface area contributed by atoms with Gasteiger partial charge in [-0.2, -0.15) is 0 Å². The molecule has 0 aliphatic rings. The molecule has 0 rings (SSSR count). The molecule has 0 spiro atoms. The second-order valence-corrected chi connectivity index (χ2v) is 19.3. The van der Waals surface area contributed by atoms with Gasteiger partial charge in [0, 0.05) is 0 Å². The van der Waals surface area contributed by atoms with E-state index >= 15 is 0 Å². The molecule has 12 nitrogen and oxygen atoms in total. The predicted molar refractivity (Wildman–Crippen MR) is 238 cm³/mol. The smallest absolute Gasteiger partial charge is 0.327 e. The van der Waals surface area contributed by atoms with Gasteiger partial charge in [0.2, 0.25) is 0 Å². The highest BCUT2D eigenvalue weighted by Crippen LogP contribution is 2.53. The SMILES string of the molecule is CCCCCCCCCCCCCCCCCCC(CCCCCCCCCCCCCCCCCC)(OP(O)O)C(COP(O)O)(COP(O)O)COP(O)O. The molecule has 344 valence electrons. The van der Waals surface area contributed by atoms with E-state index in [1.807, 2.05) is 0 Å². The van der Waals surface area contributed by atoms with E-state index in [4.69, 9.17) is 18.1 Å². The standard InChI is InChI=1S/C41H88O12P4/c1-3-5-7-9-11-13-15-17-19-21-23-25-27-29-31-33-35-41(53-57(48)49,40(37-50-54(42)43,38-51-55(44)45)39-52-56(46)47)36-34-32-30-28-26-24-22-20-18-16-14-12-10-8-6-4-2/h42-49H,3-39H2,1-2H3. The normalized spacial score (nSPS) is 12.7. The van der Waals surface area contributed by atoms with Gasteiger partial charge in [-0.05, 0) is 12.8 Å². The van der Waals surface area contributed by atoms with Crippen molar-refractivity contribution in [2.75, 3.05) is 19.8 Å². The van der Waals surface area contributed by atoms with E-state index in [1.165, 1.54) is 141 Å². The lowest BCUT2D eigenvalue weighted by molar-refractivity contribution is -0.140. The fourth-order valence-electron chi connectivity index (χ4n) is 7.98. The van der Waals surface area contributed by atoms with Gasteiger partial charge in [-0.25, -0.2) is 0 Å². The van der Waals surface area contributed by atoms with E-state index in [2.05, 4.69) is 13.8 Å². The Balaban J connectivity index is 5.28. The highest BCUT2D eigenvalue weighted by atomic mass is 31.2. The zero-order valence-corrected chi connectivity index (χ0v) is 39.7. The zero-order chi connectivity index (χ0) is 42.3. The third kappa shape index (κ3) is 34.4. The Morgan fingerprint density at radius 2 is 0.509 bits per heavy atom. The van der Waals surface area contributed by atoms with Crippen LogP contribution in [0.25, 0.3) is 0 Å². The first-order valence-corrected chi connectivity index (χ1v) is 27.5. The minimum absolute atomic E-state index is 0.276. The Hall–Kier alpha value is 1.24. The van der Waals surface area contributed by atoms with Crippen LogP contribution in [-0.4, -0.2) is 64.6 Å². The van der Waals surface area contributed by atoms with E-state index in [9.17, 15) is 39.1 Å². The van der Waals surface area contributed by atoms with E-state index in [-0.39, 0.29) is 12.8 Å². The second kappa shape index (κ2) is 41.3. The molecule has 8 N–H and O–H groups in total. The fourth-order valence-corrected chi connectivity index (χ4v) is 9.76. The lowest BCUT2D eigenvalue weighted by Crippen LogP contribution is -2.57. The Kier molecular flexibility index (Phi) is 42.2. The van der Waals surface area contributed by atoms with Crippen LogP contribution in [0, 0.1) is 5.41 Å². The summed E-state index contributed by atoms with van der Waals surface area (Å²) < 4.78 is 21.9. The Labute approximate surface area is 353 Å². The van der Waals surface area contributed by atoms with Crippen LogP contribution < -0.4 is 0 Å². The van der Waals surface area contributed by atoms with Crippen LogP contribution in [0.4, 0.5) is 0 Å². The maximum absolute atomic E-state index is 10.3. The average Bonchev–Trinajstić information content (AvgIpc) is 3.16. The van der Waals surface area contributed by atoms with Crippen molar-refractivity contribution >= 4 is 34.4 Å². The molecule has 0 bridgehead atoms. The first kappa shape index (κ1) is 58.2. The summed E-state index contributed by atoms with van der Waals surface area (Å²) in [6, 6.07) is 0. The monoisotopic (exact) mass is 897 g/mol. The van der Waals surface area contributed by atoms with Crippen molar-refractivity contribution in [3.05, 3.63) is 0 Å². The summed E-state index contributed by atoms with van der Waals surface area (Å²) in [6.07, 6.45) is 38.8. The van der Waals surface area contributed by atoms with Crippen molar-refractivity contribution in [3.8, 4) is 0 Å². The van der Waals surface area contributed by atoms with Crippen LogP contribution in [0.1, 0.15) is 232 Å². The first-order valence-electron chi connectivity index (χ1n) is 22.8. The number of unbranched alkanes of at least 4 members (excludes halogenated alkanes) is 30. The molecule has 0 fully saturated rings. The number of hydrogen-bond acceptors (Lipinski definition) is 12. The maximum Gasteiger partial charge on any atom is 0.327 e. The second-order valence-electron chi connectivity index (χ2n) is 16.3. The van der Waals surface area contributed by atoms with Gasteiger partial charge in [-0.3, -0.25) is 0 Å². The summed E-state index contributed by atoms with van der Waals surface area (Å²) in [5, 5.41) is 0. The highest BCUT2D eigenvalue weighted by molar-refractivity contribution is 7.40. The third-order valence-corrected chi connectivity index (χ3v) is 13.1. The van der Waals surface area contributed by atoms with Crippen molar-refractivity contribution in [1.82, 2.24) is 0 Å². The summed E-state index contributed by atoms with van der Waals surface area (Å²) in [7, 11) is -11.6. The summed E-state index contributed by atoms with van der Waals surface area (Å²) in [5.41, 5.74) is -3.05. The lowest BCUT2D eigenvalue weighted by atomic mass is 9.68. The molecule has 0 atom stereocenters. The van der Waals surface area contributed by atoms with Gasteiger partial charge >= 0.3 is 34.4 Å². The van der Waals surface area contributed by atoms with Gasteiger partial charge in [0.05, 0.1) is 30.8 Å². The molecule has 0 aliphatic heterocycles. The molecule has 0 aromatic rings. The molecule has 16 heteroatoms. The topological polar surface area (TPSA) is 199 Å². The zero-order valence-electron chi connectivity index (χ0n) is 36.2. The largest absolute Gasteiger partial charge is 0.328 e. The molecule has 0 saturated carbocycles. The van der Waals surface area contributed by atoms with E-state index in [0.717, 1.165) is 51.4 Å². The number of rotatable bonds is 46. The fraction of sp³-hybridized carbons (Fsp3) is 1.00. The van der Waals surface area contributed by atoms with Crippen molar-refractivity contribution in [3.63, 3.8) is 0 Å². The molecule has 0 amide bonds. The molecule has 0 unspecified atom stereocenters. The van der Waals surface area contributed by atoms with Crippen LogP contribution in [0.15, 0.2) is 0 Å². The molecule has 0 aromatic carbocycles. The molecular weight excluding hydrogens is 808 g/mol. The summed E-state index contributed by atoms with van der Waals surface area (Å²) in [4.78, 5) is 79.2. The predicted octanol–water partition coefficient (Wildman–Crippen LogP) is 12.9. The molecule has 0 saturated heterocycles. The van der Waals surface area contributed by atoms with Gasteiger partial charge in [0.15, 0.2) is 0 Å². The molecule has 0 heterocycles. The van der Waals surface area contributed by atoms with Crippen LogP contribution in [0.2, 0.25) is 0 Å². The van der Waals surface area contributed by atoms with Crippen molar-refractivity contribution < 1.29 is 57.2 Å². The quantitative estimate of drug-likeness (QED) is 0.0213. The minimum atomic E-state index is -2.95. The highest BCUT2D eigenvalue weighted by Gasteiger charge is 2.55. The lowest BCUT2D eigenvalue weighted by Gasteiger charge is -2.49. The third-order valence-electron chi connectivity index (χ3n) is 11.5. The molecule has 0 aliphatic carbocycles. The Bertz CT molecular complexity index is 765. The van der Waals surface area contributed by atoms with E-state index < -0.39 is 65.2 Å². The van der Waals surface area contributed by atoms with Gasteiger partial charge < -0.3 is 57.2 Å². The minimum Gasteiger partial charge on any atom is -0.328 e. The average molecular weight is 897 g/mol.